The molecule has 0 aliphatic heterocycles. The van der Waals surface area contributed by atoms with Crippen LogP contribution >= 0.6 is 22.9 Å². The number of halogens is 1. The molecule has 0 aliphatic rings. The Morgan fingerprint density at radius 2 is 2.26 bits per heavy atom. The Balaban J connectivity index is 2.36. The second kappa shape index (κ2) is 6.04. The van der Waals surface area contributed by atoms with Crippen molar-refractivity contribution in [3.63, 3.8) is 0 Å². The number of carbonyl (C=O) groups is 1. The number of pyridine rings is 1. The second-order valence-electron chi connectivity index (χ2n) is 4.07. The molecule has 0 aliphatic carbocycles. The van der Waals surface area contributed by atoms with Crippen LogP contribution in [0.1, 0.15) is 16.5 Å². The molecule has 2 rings (SSSR count). The Morgan fingerprint density at radius 3 is 2.84 bits per heavy atom. The Hall–Kier alpha value is -1.59. The number of hydrogen-bond acceptors (Lipinski definition) is 4. The molecule has 2 aromatic rings. The van der Waals surface area contributed by atoms with E-state index in [1.165, 1.54) is 16.2 Å². The normalized spacial score (nSPS) is 11.9. The van der Waals surface area contributed by atoms with Gasteiger partial charge in [0, 0.05) is 36.9 Å². The summed E-state index contributed by atoms with van der Waals surface area (Å²) in [5, 5.41) is 2.45. The molecule has 0 saturated carbocycles. The highest BCUT2D eigenvalue weighted by Gasteiger charge is 2.23. The minimum atomic E-state index is -0.531. The van der Waals surface area contributed by atoms with Gasteiger partial charge in [-0.15, -0.1) is 11.3 Å². The van der Waals surface area contributed by atoms with E-state index in [2.05, 4.69) is 4.98 Å². The Kier molecular flexibility index (Phi) is 4.39. The van der Waals surface area contributed by atoms with Crippen LogP contribution in [0.3, 0.4) is 0 Å². The van der Waals surface area contributed by atoms with Crippen LogP contribution in [0.2, 0.25) is 5.02 Å². The van der Waals surface area contributed by atoms with Crippen molar-refractivity contribution < 1.29 is 9.53 Å². The van der Waals surface area contributed by atoms with Crippen molar-refractivity contribution in [3.05, 3.63) is 51.4 Å². The third-order valence-corrected chi connectivity index (χ3v) is 3.72. The van der Waals surface area contributed by atoms with Crippen molar-refractivity contribution in [1.82, 2.24) is 9.88 Å². The maximum absolute atomic E-state index is 11.8. The van der Waals surface area contributed by atoms with Crippen LogP contribution in [0.15, 0.2) is 36.0 Å². The van der Waals surface area contributed by atoms with E-state index >= 15 is 0 Å². The molecule has 4 nitrogen and oxygen atoms in total. The lowest BCUT2D eigenvalue weighted by atomic mass is 10.1. The van der Waals surface area contributed by atoms with Crippen LogP contribution < -0.4 is 0 Å². The summed E-state index contributed by atoms with van der Waals surface area (Å²) in [7, 11) is 3.28. The van der Waals surface area contributed by atoms with Crippen LogP contribution in [-0.2, 0) is 4.74 Å². The molecule has 0 fully saturated rings. The standard InChI is InChI=1S/C13H13ClN2O2S/c1-16(2)13(17)18-12(11-4-3-7-19-11)9-8-15-6-5-10(9)14/h3-8,12H,1-2H3. The predicted octanol–water partition coefficient (Wildman–Crippen LogP) is 3.58. The van der Waals surface area contributed by atoms with E-state index in [0.717, 1.165) is 4.88 Å². The van der Waals surface area contributed by atoms with Gasteiger partial charge >= 0.3 is 6.09 Å². The topological polar surface area (TPSA) is 42.4 Å². The average Bonchev–Trinajstić information content (AvgIpc) is 2.90. The molecular weight excluding hydrogens is 284 g/mol. The van der Waals surface area contributed by atoms with Crippen LogP contribution in [0.5, 0.6) is 0 Å². The van der Waals surface area contributed by atoms with E-state index in [9.17, 15) is 4.79 Å². The highest BCUT2D eigenvalue weighted by atomic mass is 35.5. The largest absolute Gasteiger partial charge is 0.435 e. The SMILES string of the molecule is CN(C)C(=O)OC(c1cccs1)c1cnccc1Cl. The molecular formula is C13H13ClN2O2S. The quantitative estimate of drug-likeness (QED) is 0.869. The van der Waals surface area contributed by atoms with Gasteiger partial charge in [0.1, 0.15) is 0 Å². The van der Waals surface area contributed by atoms with Crippen molar-refractivity contribution in [2.75, 3.05) is 14.1 Å². The molecule has 0 radical (unpaired) electrons. The Labute approximate surface area is 120 Å². The fourth-order valence-electron chi connectivity index (χ4n) is 1.50. The second-order valence-corrected chi connectivity index (χ2v) is 5.46. The first kappa shape index (κ1) is 13.8. The summed E-state index contributed by atoms with van der Waals surface area (Å²) >= 11 is 7.66. The molecule has 19 heavy (non-hydrogen) atoms. The summed E-state index contributed by atoms with van der Waals surface area (Å²) in [6.07, 6.45) is 2.27. The van der Waals surface area contributed by atoms with E-state index in [-0.39, 0.29) is 0 Å². The Morgan fingerprint density at radius 1 is 1.47 bits per heavy atom. The number of rotatable bonds is 3. The van der Waals surface area contributed by atoms with Crippen molar-refractivity contribution in [3.8, 4) is 0 Å². The monoisotopic (exact) mass is 296 g/mol. The van der Waals surface area contributed by atoms with Gasteiger partial charge in [0.05, 0.1) is 5.02 Å². The maximum Gasteiger partial charge on any atom is 0.410 e. The zero-order chi connectivity index (χ0) is 13.8. The lowest BCUT2D eigenvalue weighted by Gasteiger charge is -2.20. The number of thiophene rings is 1. The average molecular weight is 297 g/mol. The summed E-state index contributed by atoms with van der Waals surface area (Å²) in [6.45, 7) is 0. The number of amides is 1. The number of hydrogen-bond donors (Lipinski definition) is 0. The predicted molar refractivity (Wildman–Crippen MR) is 75.6 cm³/mol. The molecule has 2 heterocycles. The van der Waals surface area contributed by atoms with Crippen molar-refractivity contribution in [2.45, 2.75) is 6.10 Å². The van der Waals surface area contributed by atoms with Gasteiger partial charge in [-0.25, -0.2) is 4.79 Å². The van der Waals surface area contributed by atoms with Crippen molar-refractivity contribution in [1.29, 1.82) is 0 Å². The van der Waals surface area contributed by atoms with Gasteiger partial charge in [-0.05, 0) is 17.5 Å². The molecule has 0 bridgehead atoms. The molecule has 0 spiro atoms. The molecule has 1 atom stereocenters. The number of ether oxygens (including phenoxy) is 1. The number of nitrogens with zero attached hydrogens (tertiary/aromatic N) is 2. The molecule has 6 heteroatoms. The lowest BCUT2D eigenvalue weighted by Crippen LogP contribution is -2.25. The fourth-order valence-corrected chi connectivity index (χ4v) is 2.48. The van der Waals surface area contributed by atoms with E-state index in [0.29, 0.717) is 10.6 Å². The first-order valence-corrected chi connectivity index (χ1v) is 6.86. The van der Waals surface area contributed by atoms with Gasteiger partial charge in [0.25, 0.3) is 0 Å². The smallest absolute Gasteiger partial charge is 0.410 e. The first-order valence-electron chi connectivity index (χ1n) is 5.60. The van der Waals surface area contributed by atoms with E-state index < -0.39 is 12.2 Å². The highest BCUT2D eigenvalue weighted by molar-refractivity contribution is 7.10. The Bertz CT molecular complexity index is 558. The lowest BCUT2D eigenvalue weighted by molar-refractivity contribution is 0.0922. The van der Waals surface area contributed by atoms with Gasteiger partial charge < -0.3 is 9.64 Å². The molecule has 0 N–H and O–H groups in total. The van der Waals surface area contributed by atoms with E-state index in [4.69, 9.17) is 16.3 Å². The maximum atomic E-state index is 11.8. The summed E-state index contributed by atoms with van der Waals surface area (Å²) in [5.74, 6) is 0. The van der Waals surface area contributed by atoms with Gasteiger partial charge in [-0.1, -0.05) is 17.7 Å². The number of carbonyl (C=O) groups excluding carboxylic acids is 1. The van der Waals surface area contributed by atoms with Crippen LogP contribution in [0, 0.1) is 0 Å². The van der Waals surface area contributed by atoms with Crippen LogP contribution in [0.4, 0.5) is 4.79 Å². The summed E-state index contributed by atoms with van der Waals surface area (Å²) < 4.78 is 5.50. The molecule has 2 aromatic heterocycles. The molecule has 1 amide bonds. The summed E-state index contributed by atoms with van der Waals surface area (Å²) in [4.78, 5) is 18.1. The zero-order valence-corrected chi connectivity index (χ0v) is 12.1. The molecule has 0 saturated heterocycles. The van der Waals surface area contributed by atoms with E-state index in [1.807, 2.05) is 17.5 Å². The summed E-state index contributed by atoms with van der Waals surface area (Å²) in [6, 6.07) is 5.49. The zero-order valence-electron chi connectivity index (χ0n) is 10.5. The number of aromatic nitrogens is 1. The minimum absolute atomic E-state index is 0.418. The van der Waals surface area contributed by atoms with Crippen LogP contribution in [-0.4, -0.2) is 30.1 Å². The van der Waals surface area contributed by atoms with Gasteiger partial charge in [0.15, 0.2) is 6.10 Å². The summed E-state index contributed by atoms with van der Waals surface area (Å²) in [5.41, 5.74) is 0.682. The minimum Gasteiger partial charge on any atom is -0.435 e. The van der Waals surface area contributed by atoms with Gasteiger partial charge in [0.2, 0.25) is 0 Å². The molecule has 1 unspecified atom stereocenters. The highest BCUT2D eigenvalue weighted by Crippen LogP contribution is 2.33. The molecule has 0 aromatic carbocycles. The van der Waals surface area contributed by atoms with Crippen molar-refractivity contribution >= 4 is 29.0 Å². The molecule has 100 valence electrons. The third-order valence-electron chi connectivity index (χ3n) is 2.46. The van der Waals surface area contributed by atoms with Gasteiger partial charge in [-0.2, -0.15) is 0 Å². The van der Waals surface area contributed by atoms with E-state index in [1.54, 1.807) is 32.6 Å². The first-order chi connectivity index (χ1) is 9.09. The third kappa shape index (κ3) is 3.24. The van der Waals surface area contributed by atoms with Gasteiger partial charge in [-0.3, -0.25) is 4.98 Å². The van der Waals surface area contributed by atoms with Crippen molar-refractivity contribution in [2.24, 2.45) is 0 Å². The fraction of sp³-hybridized carbons (Fsp3) is 0.231. The van der Waals surface area contributed by atoms with Crippen LogP contribution in [0.25, 0.3) is 0 Å².